The molecule has 1 aromatic rings. The zero-order chi connectivity index (χ0) is 14.1. The molecule has 20 heavy (non-hydrogen) atoms. The second-order valence-electron chi connectivity index (χ2n) is 7.42. The van der Waals surface area contributed by atoms with Gasteiger partial charge >= 0.3 is 0 Å². The van der Waals surface area contributed by atoms with Crippen LogP contribution in [-0.2, 0) is 6.42 Å². The average molecular weight is 272 g/mol. The number of hydrogen-bond acceptors (Lipinski definition) is 1. The maximum absolute atomic E-state index is 10.4. The lowest BCUT2D eigenvalue weighted by Gasteiger charge is -2.24. The van der Waals surface area contributed by atoms with Crippen LogP contribution in [0.1, 0.15) is 63.0 Å². The van der Waals surface area contributed by atoms with Crippen molar-refractivity contribution in [1.29, 1.82) is 0 Å². The van der Waals surface area contributed by atoms with E-state index in [4.69, 9.17) is 0 Å². The monoisotopic (exact) mass is 272 g/mol. The van der Waals surface area contributed by atoms with Crippen LogP contribution >= 0.6 is 0 Å². The third kappa shape index (κ3) is 3.09. The first-order valence-electron chi connectivity index (χ1n) is 8.38. The van der Waals surface area contributed by atoms with E-state index >= 15 is 0 Å². The highest BCUT2D eigenvalue weighted by Crippen LogP contribution is 2.49. The van der Waals surface area contributed by atoms with Gasteiger partial charge in [-0.25, -0.2) is 0 Å². The smallest absolute Gasteiger partial charge is 0.0583 e. The molecule has 110 valence electrons. The van der Waals surface area contributed by atoms with Gasteiger partial charge in [0.25, 0.3) is 0 Å². The summed E-state index contributed by atoms with van der Waals surface area (Å²) in [6, 6.07) is 8.81. The minimum atomic E-state index is -0.149. The Balaban J connectivity index is 1.52. The van der Waals surface area contributed by atoms with Crippen molar-refractivity contribution in [1.82, 2.24) is 0 Å². The Bertz CT molecular complexity index is 434. The molecule has 4 unspecified atom stereocenters. The fraction of sp³-hybridized carbons (Fsp3) is 0.684. The van der Waals surface area contributed by atoms with E-state index in [9.17, 15) is 5.11 Å². The van der Waals surface area contributed by atoms with Crippen molar-refractivity contribution in [2.75, 3.05) is 0 Å². The molecule has 0 aromatic heterocycles. The van der Waals surface area contributed by atoms with Crippen LogP contribution < -0.4 is 0 Å². The lowest BCUT2D eigenvalue weighted by atomic mass is 9.84. The summed E-state index contributed by atoms with van der Waals surface area (Å²) < 4.78 is 0. The normalized spacial score (nSPS) is 30.1. The molecule has 0 heterocycles. The molecule has 0 spiro atoms. The quantitative estimate of drug-likeness (QED) is 0.834. The molecule has 2 aliphatic rings. The van der Waals surface area contributed by atoms with Gasteiger partial charge in [-0.1, -0.05) is 44.5 Å². The van der Waals surface area contributed by atoms with E-state index in [1.807, 2.05) is 0 Å². The van der Waals surface area contributed by atoms with Crippen molar-refractivity contribution in [2.45, 2.75) is 64.4 Å². The van der Waals surface area contributed by atoms with E-state index in [1.54, 1.807) is 0 Å². The number of fused-ring (bicyclic) bond motifs is 2. The van der Waals surface area contributed by atoms with Gasteiger partial charge in [-0.05, 0) is 66.9 Å². The van der Waals surface area contributed by atoms with E-state index in [0.29, 0.717) is 5.92 Å². The fourth-order valence-electron chi connectivity index (χ4n) is 4.41. The van der Waals surface area contributed by atoms with Crippen molar-refractivity contribution in [3.05, 3.63) is 35.4 Å². The number of aliphatic hydroxyl groups excluding tert-OH is 1. The van der Waals surface area contributed by atoms with Crippen LogP contribution in [0.15, 0.2) is 24.3 Å². The van der Waals surface area contributed by atoms with Gasteiger partial charge in [0.05, 0.1) is 6.10 Å². The summed E-state index contributed by atoms with van der Waals surface area (Å²) in [6.07, 6.45) is 7.40. The van der Waals surface area contributed by atoms with Crippen molar-refractivity contribution >= 4 is 0 Å². The van der Waals surface area contributed by atoms with E-state index in [1.165, 1.54) is 36.8 Å². The number of hydrogen-bond donors (Lipinski definition) is 1. The number of rotatable bonds is 5. The summed E-state index contributed by atoms with van der Waals surface area (Å²) in [5, 5.41) is 10.4. The number of benzene rings is 1. The predicted molar refractivity (Wildman–Crippen MR) is 83.8 cm³/mol. The molecule has 1 N–H and O–H groups in total. The van der Waals surface area contributed by atoms with Gasteiger partial charge < -0.3 is 5.11 Å². The molecule has 2 fully saturated rings. The average Bonchev–Trinajstić information content (AvgIpc) is 3.01. The molecule has 4 atom stereocenters. The topological polar surface area (TPSA) is 20.2 Å². The Morgan fingerprint density at radius 2 is 1.85 bits per heavy atom. The predicted octanol–water partition coefficient (Wildman–Crippen LogP) is 4.54. The van der Waals surface area contributed by atoms with Crippen LogP contribution in [0.3, 0.4) is 0 Å². The molecule has 1 nitrogen and oxygen atoms in total. The molecule has 1 aromatic carbocycles. The first-order chi connectivity index (χ1) is 9.61. The van der Waals surface area contributed by atoms with Crippen LogP contribution in [0.4, 0.5) is 0 Å². The van der Waals surface area contributed by atoms with Crippen LogP contribution in [0.5, 0.6) is 0 Å². The van der Waals surface area contributed by atoms with Gasteiger partial charge in [0.2, 0.25) is 0 Å². The maximum Gasteiger partial charge on any atom is 0.0583 e. The van der Waals surface area contributed by atoms with E-state index < -0.39 is 0 Å². The molecule has 2 bridgehead atoms. The van der Waals surface area contributed by atoms with Crippen LogP contribution in [0, 0.1) is 17.8 Å². The number of aliphatic hydroxyl groups is 1. The Kier molecular flexibility index (Phi) is 4.16. The lowest BCUT2D eigenvalue weighted by molar-refractivity contribution is 0.124. The summed E-state index contributed by atoms with van der Waals surface area (Å²) in [5.41, 5.74) is 2.67. The molecule has 0 aliphatic heterocycles. The molecule has 2 aliphatic carbocycles. The zero-order valence-corrected chi connectivity index (χ0v) is 12.9. The molecule has 1 heteroatoms. The second kappa shape index (κ2) is 5.89. The minimum absolute atomic E-state index is 0.149. The second-order valence-corrected chi connectivity index (χ2v) is 7.42. The Morgan fingerprint density at radius 1 is 1.10 bits per heavy atom. The van der Waals surface area contributed by atoms with Gasteiger partial charge in [-0.15, -0.1) is 0 Å². The summed E-state index contributed by atoms with van der Waals surface area (Å²) in [7, 11) is 0. The van der Waals surface area contributed by atoms with E-state index in [0.717, 1.165) is 30.6 Å². The first kappa shape index (κ1) is 14.1. The van der Waals surface area contributed by atoms with E-state index in [2.05, 4.69) is 38.1 Å². The molecule has 0 saturated heterocycles. The zero-order valence-electron chi connectivity index (χ0n) is 12.9. The largest absolute Gasteiger partial charge is 0.393 e. The standard InChI is InChI=1S/C19H28O/c1-13(2)16-6-3-14(4-7-16)11-19(20)12-18-10-15-5-8-17(18)9-15/h3-4,6-7,13,15,17-20H,5,8-12H2,1-2H3. The molecular formula is C19H28O. The van der Waals surface area contributed by atoms with E-state index in [-0.39, 0.29) is 6.10 Å². The molecule has 0 radical (unpaired) electrons. The van der Waals surface area contributed by atoms with Crippen molar-refractivity contribution in [3.8, 4) is 0 Å². The van der Waals surface area contributed by atoms with Gasteiger partial charge in [0.1, 0.15) is 0 Å². The van der Waals surface area contributed by atoms with Crippen molar-refractivity contribution in [3.63, 3.8) is 0 Å². The Hall–Kier alpha value is -0.820. The molecular weight excluding hydrogens is 244 g/mol. The fourth-order valence-corrected chi connectivity index (χ4v) is 4.41. The Labute approximate surface area is 123 Å². The highest BCUT2D eigenvalue weighted by atomic mass is 16.3. The summed E-state index contributed by atoms with van der Waals surface area (Å²) in [6.45, 7) is 4.44. The highest BCUT2D eigenvalue weighted by Gasteiger charge is 2.39. The van der Waals surface area contributed by atoms with Gasteiger partial charge in [-0.2, -0.15) is 0 Å². The van der Waals surface area contributed by atoms with Crippen LogP contribution in [0.25, 0.3) is 0 Å². The van der Waals surface area contributed by atoms with Crippen LogP contribution in [-0.4, -0.2) is 11.2 Å². The Morgan fingerprint density at radius 3 is 2.40 bits per heavy atom. The summed E-state index contributed by atoms with van der Waals surface area (Å²) in [5.74, 6) is 3.31. The third-order valence-electron chi connectivity index (χ3n) is 5.58. The first-order valence-corrected chi connectivity index (χ1v) is 8.38. The summed E-state index contributed by atoms with van der Waals surface area (Å²) >= 11 is 0. The van der Waals surface area contributed by atoms with Crippen molar-refractivity contribution < 1.29 is 5.11 Å². The SMILES string of the molecule is CC(C)c1ccc(CC(O)CC2CC3CCC2C3)cc1. The van der Waals surface area contributed by atoms with Crippen LogP contribution in [0.2, 0.25) is 0 Å². The van der Waals surface area contributed by atoms with Gasteiger partial charge in [0, 0.05) is 0 Å². The summed E-state index contributed by atoms with van der Waals surface area (Å²) in [4.78, 5) is 0. The molecule has 0 amide bonds. The maximum atomic E-state index is 10.4. The molecule has 2 saturated carbocycles. The van der Waals surface area contributed by atoms with Gasteiger partial charge in [-0.3, -0.25) is 0 Å². The van der Waals surface area contributed by atoms with Crippen molar-refractivity contribution in [2.24, 2.45) is 17.8 Å². The third-order valence-corrected chi connectivity index (χ3v) is 5.58. The minimum Gasteiger partial charge on any atom is -0.393 e. The lowest BCUT2D eigenvalue weighted by Crippen LogP contribution is -2.20. The molecule has 3 rings (SSSR count). The highest BCUT2D eigenvalue weighted by molar-refractivity contribution is 5.25. The van der Waals surface area contributed by atoms with Gasteiger partial charge in [0.15, 0.2) is 0 Å².